The molecule has 0 radical (unpaired) electrons. The van der Waals surface area contributed by atoms with Crippen molar-refractivity contribution >= 4 is 11.4 Å². The van der Waals surface area contributed by atoms with Gasteiger partial charge in [0.2, 0.25) is 0 Å². The van der Waals surface area contributed by atoms with Gasteiger partial charge in [0.05, 0.1) is 24.6 Å². The molecule has 0 aromatic heterocycles. The molecule has 2 aromatic rings. The summed E-state index contributed by atoms with van der Waals surface area (Å²) in [5.41, 5.74) is 4.11. The lowest BCUT2D eigenvalue weighted by molar-refractivity contribution is 0.415. The molecular weight excluding hydrogens is 252 g/mol. The Bertz CT molecular complexity index is 569. The fraction of sp³-hybridized carbons (Fsp3) is 0.250. The van der Waals surface area contributed by atoms with E-state index in [1.807, 2.05) is 48.5 Å². The summed E-state index contributed by atoms with van der Waals surface area (Å²) in [6.07, 6.45) is 0.580. The average molecular weight is 266 g/mol. The van der Waals surface area contributed by atoms with Crippen molar-refractivity contribution in [3.63, 3.8) is 0 Å². The van der Waals surface area contributed by atoms with E-state index in [1.165, 1.54) is 11.1 Å². The molecule has 0 spiro atoms. The second kappa shape index (κ2) is 4.81. The second-order valence-corrected chi connectivity index (χ2v) is 5.03. The van der Waals surface area contributed by atoms with E-state index in [9.17, 15) is 0 Å². The van der Waals surface area contributed by atoms with Gasteiger partial charge < -0.3 is 9.47 Å². The lowest BCUT2D eigenvalue weighted by atomic mass is 10.1. The monoisotopic (exact) mass is 266 g/mol. The zero-order valence-corrected chi connectivity index (χ0v) is 10.9. The van der Waals surface area contributed by atoms with Gasteiger partial charge in [0, 0.05) is 0 Å². The van der Waals surface area contributed by atoms with Crippen molar-refractivity contribution in [2.24, 2.45) is 10.2 Å². The highest BCUT2D eigenvalue weighted by atomic mass is 16.6. The van der Waals surface area contributed by atoms with Gasteiger partial charge in [-0.2, -0.15) is 10.2 Å². The molecule has 4 rings (SSSR count). The van der Waals surface area contributed by atoms with Gasteiger partial charge in [0.1, 0.15) is 12.2 Å². The Morgan fingerprint density at radius 2 is 1.00 bits per heavy atom. The summed E-state index contributed by atoms with van der Waals surface area (Å²) in [6, 6.07) is 16.0. The number of azo groups is 1. The predicted octanol–water partition coefficient (Wildman–Crippen LogP) is 4.24. The minimum Gasteiger partial charge on any atom is -0.368 e. The average Bonchev–Trinajstić information content (AvgIpc) is 3.39. The second-order valence-electron chi connectivity index (χ2n) is 5.03. The molecule has 0 saturated carbocycles. The molecule has 2 heterocycles. The van der Waals surface area contributed by atoms with E-state index in [1.54, 1.807) is 0 Å². The third-order valence-electron chi connectivity index (χ3n) is 3.48. The molecule has 2 fully saturated rings. The van der Waals surface area contributed by atoms with Crippen LogP contribution in [0.3, 0.4) is 0 Å². The van der Waals surface area contributed by atoms with E-state index >= 15 is 0 Å². The molecule has 2 atom stereocenters. The quantitative estimate of drug-likeness (QED) is 0.613. The highest BCUT2D eigenvalue weighted by molar-refractivity contribution is 5.43. The van der Waals surface area contributed by atoms with Crippen LogP contribution in [-0.2, 0) is 9.47 Å². The third kappa shape index (κ3) is 2.61. The molecule has 4 nitrogen and oxygen atoms in total. The summed E-state index contributed by atoms with van der Waals surface area (Å²) in [4.78, 5) is 0. The number of hydrogen-bond donors (Lipinski definition) is 0. The summed E-state index contributed by atoms with van der Waals surface area (Å²) in [5, 5.41) is 8.48. The Morgan fingerprint density at radius 1 is 0.650 bits per heavy atom. The van der Waals surface area contributed by atoms with E-state index in [-0.39, 0.29) is 12.2 Å². The van der Waals surface area contributed by atoms with Crippen LogP contribution in [0.4, 0.5) is 11.4 Å². The molecule has 0 aliphatic carbocycles. The van der Waals surface area contributed by atoms with Crippen LogP contribution in [0, 0.1) is 0 Å². The first-order valence-corrected chi connectivity index (χ1v) is 6.73. The minimum atomic E-state index is 0.290. The fourth-order valence-electron chi connectivity index (χ4n) is 2.11. The Kier molecular flexibility index (Phi) is 2.83. The van der Waals surface area contributed by atoms with Crippen LogP contribution in [0.5, 0.6) is 0 Å². The van der Waals surface area contributed by atoms with Crippen molar-refractivity contribution in [1.82, 2.24) is 0 Å². The van der Waals surface area contributed by atoms with Gasteiger partial charge in [-0.1, -0.05) is 24.3 Å². The van der Waals surface area contributed by atoms with E-state index in [4.69, 9.17) is 9.47 Å². The largest absolute Gasteiger partial charge is 0.368 e. The highest BCUT2D eigenvalue weighted by Crippen LogP contribution is 2.32. The van der Waals surface area contributed by atoms with Crippen molar-refractivity contribution in [2.45, 2.75) is 12.2 Å². The smallest absolute Gasteiger partial charge is 0.106 e. The number of rotatable bonds is 4. The summed E-state index contributed by atoms with van der Waals surface area (Å²) < 4.78 is 10.5. The maximum Gasteiger partial charge on any atom is 0.106 e. The predicted molar refractivity (Wildman–Crippen MR) is 74.4 cm³/mol. The molecule has 2 aliphatic heterocycles. The number of epoxide rings is 2. The molecule has 2 unspecified atom stereocenters. The van der Waals surface area contributed by atoms with Gasteiger partial charge >= 0.3 is 0 Å². The zero-order valence-electron chi connectivity index (χ0n) is 10.9. The van der Waals surface area contributed by atoms with E-state index in [2.05, 4.69) is 10.2 Å². The number of ether oxygens (including phenoxy) is 2. The molecule has 4 heteroatoms. The maximum absolute atomic E-state index is 5.23. The Hall–Kier alpha value is -2.04. The van der Waals surface area contributed by atoms with Gasteiger partial charge in [-0.3, -0.25) is 0 Å². The summed E-state index contributed by atoms with van der Waals surface area (Å²) in [5.74, 6) is 0. The summed E-state index contributed by atoms with van der Waals surface area (Å²) >= 11 is 0. The van der Waals surface area contributed by atoms with E-state index < -0.39 is 0 Å². The molecule has 0 bridgehead atoms. The maximum atomic E-state index is 5.23. The molecule has 0 N–H and O–H groups in total. The van der Waals surface area contributed by atoms with Gasteiger partial charge in [0.15, 0.2) is 0 Å². The molecule has 2 saturated heterocycles. The Balaban J connectivity index is 1.46. The Morgan fingerprint density at radius 3 is 1.30 bits per heavy atom. The van der Waals surface area contributed by atoms with Crippen molar-refractivity contribution < 1.29 is 9.47 Å². The standard InChI is InChI=1S/C16H14N2O2/c1-5-13(6-2-11(1)15-9-19-15)17-18-14-7-3-12(4-8-14)16-10-20-16/h1-8,15-16H,9-10H2. The van der Waals surface area contributed by atoms with Crippen molar-refractivity contribution in [3.05, 3.63) is 59.7 Å². The third-order valence-corrected chi connectivity index (χ3v) is 3.48. The Labute approximate surface area is 117 Å². The number of hydrogen-bond acceptors (Lipinski definition) is 4. The summed E-state index contributed by atoms with van der Waals surface area (Å²) in [7, 11) is 0. The first kappa shape index (κ1) is 11.8. The normalized spacial score (nSPS) is 24.0. The van der Waals surface area contributed by atoms with Crippen LogP contribution in [0.25, 0.3) is 0 Å². The van der Waals surface area contributed by atoms with Crippen LogP contribution in [-0.4, -0.2) is 13.2 Å². The van der Waals surface area contributed by atoms with Gasteiger partial charge in [0.25, 0.3) is 0 Å². The molecule has 2 aliphatic rings. The van der Waals surface area contributed by atoms with E-state index in [0.29, 0.717) is 0 Å². The lowest BCUT2D eigenvalue weighted by Gasteiger charge is -1.97. The highest BCUT2D eigenvalue weighted by Gasteiger charge is 2.24. The molecular formula is C16H14N2O2. The van der Waals surface area contributed by atoms with Gasteiger partial charge in [-0.25, -0.2) is 0 Å². The van der Waals surface area contributed by atoms with Crippen LogP contribution in [0.2, 0.25) is 0 Å². The topological polar surface area (TPSA) is 49.8 Å². The van der Waals surface area contributed by atoms with Crippen molar-refractivity contribution in [1.29, 1.82) is 0 Å². The van der Waals surface area contributed by atoms with Gasteiger partial charge in [-0.05, 0) is 35.4 Å². The van der Waals surface area contributed by atoms with Gasteiger partial charge in [-0.15, -0.1) is 0 Å². The SMILES string of the molecule is c1cc(C2CO2)ccc1N=Nc1ccc(C2CO2)cc1. The molecule has 2 aromatic carbocycles. The molecule has 100 valence electrons. The fourth-order valence-corrected chi connectivity index (χ4v) is 2.11. The molecule has 20 heavy (non-hydrogen) atoms. The van der Waals surface area contributed by atoms with Crippen LogP contribution < -0.4 is 0 Å². The van der Waals surface area contributed by atoms with Crippen LogP contribution in [0.1, 0.15) is 23.3 Å². The number of benzene rings is 2. The van der Waals surface area contributed by atoms with Crippen molar-refractivity contribution in [2.75, 3.05) is 13.2 Å². The van der Waals surface area contributed by atoms with Crippen molar-refractivity contribution in [3.8, 4) is 0 Å². The number of nitrogens with zero attached hydrogens (tertiary/aromatic N) is 2. The first-order chi connectivity index (χ1) is 9.88. The summed E-state index contributed by atoms with van der Waals surface area (Å²) in [6.45, 7) is 1.66. The van der Waals surface area contributed by atoms with Crippen LogP contribution in [0.15, 0.2) is 58.8 Å². The zero-order chi connectivity index (χ0) is 13.4. The molecule has 0 amide bonds. The van der Waals surface area contributed by atoms with Crippen LogP contribution >= 0.6 is 0 Å². The lowest BCUT2D eigenvalue weighted by Crippen LogP contribution is -1.78. The van der Waals surface area contributed by atoms with E-state index in [0.717, 1.165) is 24.6 Å². The first-order valence-electron chi connectivity index (χ1n) is 6.73. The minimum absolute atomic E-state index is 0.290.